The molecule has 136 valence electrons. The highest BCUT2D eigenvalue weighted by molar-refractivity contribution is 5.80. The summed E-state index contributed by atoms with van der Waals surface area (Å²) in [6.07, 6.45) is 7.25. The Bertz CT molecular complexity index is 712. The van der Waals surface area contributed by atoms with Gasteiger partial charge in [0.1, 0.15) is 0 Å². The monoisotopic (exact) mass is 348 g/mol. The fourth-order valence-electron chi connectivity index (χ4n) is 3.18. The maximum atomic E-state index is 4.81. The first-order chi connectivity index (χ1) is 12.8. The van der Waals surface area contributed by atoms with E-state index in [0.717, 1.165) is 57.1 Å². The molecule has 1 N–H and O–H groups in total. The van der Waals surface area contributed by atoms with Crippen molar-refractivity contribution in [2.24, 2.45) is 4.99 Å². The van der Waals surface area contributed by atoms with Crippen molar-refractivity contribution in [2.45, 2.75) is 26.2 Å². The summed E-state index contributed by atoms with van der Waals surface area (Å²) in [7, 11) is 0. The molecule has 0 atom stereocenters. The van der Waals surface area contributed by atoms with Gasteiger partial charge in [0.2, 0.25) is 0 Å². The lowest BCUT2D eigenvalue weighted by Gasteiger charge is -2.31. The predicted molar refractivity (Wildman–Crippen MR) is 109 cm³/mol. The lowest BCUT2D eigenvalue weighted by atomic mass is 10.0. The molecule has 0 bridgehead atoms. The van der Waals surface area contributed by atoms with Gasteiger partial charge >= 0.3 is 0 Å². The standard InChI is InChI=1S/C22H28N4/c1-2-23-22(25-15-11-21-10-6-7-14-24-21)26-16-12-20(13-17-26)18-19-8-4-3-5-9-19/h3-10,14,18H,2,11-13,15-17H2,1H3,(H,23,25). The van der Waals surface area contributed by atoms with Crippen LogP contribution in [0.25, 0.3) is 6.08 Å². The Kier molecular flexibility index (Phi) is 6.82. The Morgan fingerprint density at radius 2 is 1.88 bits per heavy atom. The summed E-state index contributed by atoms with van der Waals surface area (Å²) in [6, 6.07) is 16.6. The molecule has 1 aliphatic rings. The summed E-state index contributed by atoms with van der Waals surface area (Å²) in [4.78, 5) is 11.6. The number of nitrogens with one attached hydrogen (secondary N) is 1. The summed E-state index contributed by atoms with van der Waals surface area (Å²) < 4.78 is 0. The lowest BCUT2D eigenvalue weighted by Crippen LogP contribution is -2.44. The van der Waals surface area contributed by atoms with Crippen molar-refractivity contribution >= 4 is 12.0 Å². The van der Waals surface area contributed by atoms with E-state index >= 15 is 0 Å². The number of benzene rings is 1. The van der Waals surface area contributed by atoms with Crippen molar-refractivity contribution in [2.75, 3.05) is 26.2 Å². The molecule has 0 unspecified atom stereocenters. The molecule has 4 nitrogen and oxygen atoms in total. The summed E-state index contributed by atoms with van der Waals surface area (Å²) in [6.45, 7) is 5.83. The summed E-state index contributed by atoms with van der Waals surface area (Å²) >= 11 is 0. The van der Waals surface area contributed by atoms with E-state index in [9.17, 15) is 0 Å². The summed E-state index contributed by atoms with van der Waals surface area (Å²) in [5, 5.41) is 3.44. The number of rotatable bonds is 5. The maximum Gasteiger partial charge on any atom is 0.193 e. The molecule has 3 rings (SSSR count). The van der Waals surface area contributed by atoms with Crippen LogP contribution in [0.4, 0.5) is 0 Å². The fraction of sp³-hybridized carbons (Fsp3) is 0.364. The molecule has 0 aliphatic carbocycles. The third-order valence-corrected chi connectivity index (χ3v) is 4.57. The Morgan fingerprint density at radius 3 is 2.58 bits per heavy atom. The van der Waals surface area contributed by atoms with Crippen LogP contribution in [0, 0.1) is 0 Å². The molecule has 0 amide bonds. The van der Waals surface area contributed by atoms with Gasteiger partial charge in [-0.1, -0.05) is 48.0 Å². The summed E-state index contributed by atoms with van der Waals surface area (Å²) in [5.41, 5.74) is 3.92. The Labute approximate surface area is 156 Å². The molecule has 2 heterocycles. The van der Waals surface area contributed by atoms with Crippen LogP contribution < -0.4 is 5.32 Å². The van der Waals surface area contributed by atoms with E-state index in [4.69, 9.17) is 4.99 Å². The zero-order valence-corrected chi connectivity index (χ0v) is 15.6. The average molecular weight is 348 g/mol. The fourth-order valence-corrected chi connectivity index (χ4v) is 3.18. The number of hydrogen-bond acceptors (Lipinski definition) is 2. The van der Waals surface area contributed by atoms with Crippen molar-refractivity contribution < 1.29 is 0 Å². The van der Waals surface area contributed by atoms with Crippen LogP contribution in [0.5, 0.6) is 0 Å². The van der Waals surface area contributed by atoms with E-state index in [2.05, 4.69) is 64.6 Å². The smallest absolute Gasteiger partial charge is 0.193 e. The maximum absolute atomic E-state index is 4.81. The van der Waals surface area contributed by atoms with Crippen molar-refractivity contribution in [3.05, 3.63) is 71.6 Å². The van der Waals surface area contributed by atoms with Gasteiger partial charge in [0.05, 0.1) is 0 Å². The number of likely N-dealkylation sites (tertiary alicyclic amines) is 1. The number of pyridine rings is 1. The number of nitrogens with zero attached hydrogens (tertiary/aromatic N) is 3. The van der Waals surface area contributed by atoms with Crippen molar-refractivity contribution in [3.63, 3.8) is 0 Å². The first kappa shape index (κ1) is 18.2. The van der Waals surface area contributed by atoms with Crippen LogP contribution in [-0.4, -0.2) is 42.0 Å². The van der Waals surface area contributed by atoms with Crippen LogP contribution in [0.2, 0.25) is 0 Å². The molecule has 0 saturated carbocycles. The van der Waals surface area contributed by atoms with Crippen LogP contribution in [-0.2, 0) is 6.42 Å². The van der Waals surface area contributed by atoms with E-state index in [-0.39, 0.29) is 0 Å². The first-order valence-corrected chi connectivity index (χ1v) is 9.53. The minimum atomic E-state index is 0.766. The molecular formula is C22H28N4. The minimum Gasteiger partial charge on any atom is -0.357 e. The molecule has 4 heteroatoms. The SMILES string of the molecule is CCNC(=NCCc1ccccn1)N1CCC(=Cc2ccccc2)CC1. The Hall–Kier alpha value is -2.62. The van der Waals surface area contributed by atoms with E-state index in [0.29, 0.717) is 0 Å². The topological polar surface area (TPSA) is 40.5 Å². The number of hydrogen-bond donors (Lipinski definition) is 1. The second-order valence-electron chi connectivity index (χ2n) is 6.51. The first-order valence-electron chi connectivity index (χ1n) is 9.53. The van der Waals surface area contributed by atoms with E-state index in [1.54, 1.807) is 0 Å². The third-order valence-electron chi connectivity index (χ3n) is 4.57. The van der Waals surface area contributed by atoms with Crippen LogP contribution >= 0.6 is 0 Å². The van der Waals surface area contributed by atoms with Gasteiger partial charge in [-0.15, -0.1) is 0 Å². The highest BCUT2D eigenvalue weighted by Gasteiger charge is 2.17. The zero-order chi connectivity index (χ0) is 18.0. The number of aliphatic imine (C=N–C) groups is 1. The number of aromatic nitrogens is 1. The van der Waals surface area contributed by atoms with Gasteiger partial charge in [0, 0.05) is 44.5 Å². The van der Waals surface area contributed by atoms with Gasteiger partial charge in [-0.2, -0.15) is 0 Å². The van der Waals surface area contributed by atoms with Gasteiger partial charge in [0.15, 0.2) is 5.96 Å². The van der Waals surface area contributed by atoms with Crippen LogP contribution in [0.3, 0.4) is 0 Å². The Morgan fingerprint density at radius 1 is 1.12 bits per heavy atom. The normalized spacial score (nSPS) is 15.0. The highest BCUT2D eigenvalue weighted by atomic mass is 15.3. The predicted octanol–water partition coefficient (Wildman–Crippen LogP) is 3.77. The van der Waals surface area contributed by atoms with Crippen LogP contribution in [0.15, 0.2) is 65.3 Å². The largest absolute Gasteiger partial charge is 0.357 e. The van der Waals surface area contributed by atoms with Crippen molar-refractivity contribution in [1.29, 1.82) is 0 Å². The van der Waals surface area contributed by atoms with Gasteiger partial charge in [-0.25, -0.2) is 0 Å². The van der Waals surface area contributed by atoms with Gasteiger partial charge in [-0.05, 0) is 37.5 Å². The molecule has 2 aromatic rings. The van der Waals surface area contributed by atoms with E-state index in [1.165, 1.54) is 11.1 Å². The van der Waals surface area contributed by atoms with E-state index in [1.807, 2.05) is 18.3 Å². The minimum absolute atomic E-state index is 0.766. The van der Waals surface area contributed by atoms with Gasteiger partial charge in [-0.3, -0.25) is 9.98 Å². The molecule has 26 heavy (non-hydrogen) atoms. The second-order valence-corrected chi connectivity index (χ2v) is 6.51. The summed E-state index contributed by atoms with van der Waals surface area (Å²) in [5.74, 6) is 1.03. The number of guanidine groups is 1. The molecule has 1 fully saturated rings. The van der Waals surface area contributed by atoms with Crippen LogP contribution in [0.1, 0.15) is 31.0 Å². The molecule has 0 radical (unpaired) electrons. The molecular weight excluding hydrogens is 320 g/mol. The quantitative estimate of drug-likeness (QED) is 0.660. The van der Waals surface area contributed by atoms with Crippen molar-refractivity contribution in [1.82, 2.24) is 15.2 Å². The molecule has 1 aliphatic heterocycles. The third kappa shape index (κ3) is 5.45. The average Bonchev–Trinajstić information content (AvgIpc) is 2.70. The molecule has 1 aromatic heterocycles. The molecule has 1 aromatic carbocycles. The lowest BCUT2D eigenvalue weighted by molar-refractivity contribution is 0.375. The van der Waals surface area contributed by atoms with E-state index < -0.39 is 0 Å². The highest BCUT2D eigenvalue weighted by Crippen LogP contribution is 2.19. The van der Waals surface area contributed by atoms with Gasteiger partial charge in [0.25, 0.3) is 0 Å². The van der Waals surface area contributed by atoms with Gasteiger partial charge < -0.3 is 10.2 Å². The molecule has 0 spiro atoms. The van der Waals surface area contributed by atoms with Crippen molar-refractivity contribution in [3.8, 4) is 0 Å². The number of piperidine rings is 1. The Balaban J connectivity index is 1.56. The zero-order valence-electron chi connectivity index (χ0n) is 15.6. The molecule has 1 saturated heterocycles. The second kappa shape index (κ2) is 9.76.